The highest BCUT2D eigenvalue weighted by molar-refractivity contribution is 6.21. The van der Waals surface area contributed by atoms with Crippen LogP contribution in [-0.2, 0) is 9.53 Å². The zero-order chi connectivity index (χ0) is 16.3. The number of carbonyl (C=O) groups is 3. The van der Waals surface area contributed by atoms with Crippen molar-refractivity contribution in [3.8, 4) is 0 Å². The van der Waals surface area contributed by atoms with Gasteiger partial charge in [-0.2, -0.15) is 0 Å². The Balaban J connectivity index is 2.10. The van der Waals surface area contributed by atoms with Crippen LogP contribution in [0.25, 0.3) is 0 Å². The number of nitrogens with zero attached hydrogens (tertiary/aromatic N) is 2. The Hall–Kier alpha value is -2.77. The molecule has 0 saturated heterocycles. The third-order valence-corrected chi connectivity index (χ3v) is 3.17. The summed E-state index contributed by atoms with van der Waals surface area (Å²) in [6, 6.07) is 3.50. The number of imide groups is 1. The number of non-ortho nitro benzene ring substituents is 1. The van der Waals surface area contributed by atoms with E-state index in [1.54, 1.807) is 0 Å². The first-order valence-corrected chi connectivity index (χ1v) is 6.76. The molecule has 22 heavy (non-hydrogen) atoms. The number of esters is 1. The Bertz CT molecular complexity index is 655. The molecule has 1 aromatic rings. The molecular weight excluding hydrogens is 292 g/mol. The van der Waals surface area contributed by atoms with Gasteiger partial charge >= 0.3 is 5.97 Å². The molecule has 1 aliphatic heterocycles. The van der Waals surface area contributed by atoms with Crippen LogP contribution in [0.4, 0.5) is 5.69 Å². The molecule has 0 atom stereocenters. The average molecular weight is 306 g/mol. The lowest BCUT2D eigenvalue weighted by Gasteiger charge is -2.12. The van der Waals surface area contributed by atoms with Gasteiger partial charge in [-0.3, -0.25) is 29.4 Å². The van der Waals surface area contributed by atoms with E-state index in [0.29, 0.717) is 6.42 Å². The van der Waals surface area contributed by atoms with Crippen LogP contribution in [0, 0.1) is 10.1 Å². The molecule has 0 unspecified atom stereocenters. The monoisotopic (exact) mass is 306 g/mol. The summed E-state index contributed by atoms with van der Waals surface area (Å²) in [7, 11) is 0. The predicted molar refractivity (Wildman–Crippen MR) is 74.3 cm³/mol. The smallest absolute Gasteiger partial charge is 0.307 e. The Labute approximate surface area is 125 Å². The fraction of sp³-hybridized carbons (Fsp3) is 0.357. The van der Waals surface area contributed by atoms with Crippen LogP contribution in [0.3, 0.4) is 0 Å². The normalized spacial score (nSPS) is 13.2. The molecule has 0 saturated carbocycles. The quantitative estimate of drug-likeness (QED) is 0.341. The number of carbonyl (C=O) groups excluding carboxylic acids is 3. The van der Waals surface area contributed by atoms with E-state index < -0.39 is 22.7 Å². The lowest BCUT2D eigenvalue weighted by molar-refractivity contribution is -0.384. The van der Waals surface area contributed by atoms with Crippen LogP contribution in [0.1, 0.15) is 40.5 Å². The van der Waals surface area contributed by atoms with Gasteiger partial charge in [-0.05, 0) is 12.5 Å². The van der Waals surface area contributed by atoms with Gasteiger partial charge in [0, 0.05) is 18.7 Å². The van der Waals surface area contributed by atoms with Crippen molar-refractivity contribution >= 4 is 23.5 Å². The highest BCUT2D eigenvalue weighted by Crippen LogP contribution is 2.26. The van der Waals surface area contributed by atoms with Gasteiger partial charge in [0.15, 0.2) is 0 Å². The molecule has 1 aromatic carbocycles. The van der Waals surface area contributed by atoms with Gasteiger partial charge in [0.05, 0.1) is 29.1 Å². The SMILES string of the molecule is CCCOC(=O)CCN1C(=O)c2ccc([N+](=O)[O-])cc2C1=O. The summed E-state index contributed by atoms with van der Waals surface area (Å²) in [5, 5.41) is 10.7. The van der Waals surface area contributed by atoms with E-state index in [9.17, 15) is 24.5 Å². The molecule has 1 heterocycles. The van der Waals surface area contributed by atoms with Crippen LogP contribution in [0.5, 0.6) is 0 Å². The van der Waals surface area contributed by atoms with E-state index in [2.05, 4.69) is 0 Å². The Morgan fingerprint density at radius 3 is 2.59 bits per heavy atom. The van der Waals surface area contributed by atoms with Gasteiger partial charge in [-0.1, -0.05) is 6.92 Å². The van der Waals surface area contributed by atoms with Crippen molar-refractivity contribution in [1.29, 1.82) is 0 Å². The van der Waals surface area contributed by atoms with Crippen molar-refractivity contribution < 1.29 is 24.0 Å². The second-order valence-corrected chi connectivity index (χ2v) is 4.72. The van der Waals surface area contributed by atoms with Crippen LogP contribution < -0.4 is 0 Å². The number of fused-ring (bicyclic) bond motifs is 1. The van der Waals surface area contributed by atoms with Gasteiger partial charge in [0.1, 0.15) is 0 Å². The summed E-state index contributed by atoms with van der Waals surface area (Å²) in [5.41, 5.74) is -0.164. The standard InChI is InChI=1S/C14H14N2O6/c1-2-7-22-12(17)5-6-15-13(18)10-4-3-9(16(20)21)8-11(10)14(15)19/h3-4,8H,2,5-7H2,1H3. The van der Waals surface area contributed by atoms with Crippen molar-refractivity contribution in [2.24, 2.45) is 0 Å². The maximum Gasteiger partial charge on any atom is 0.307 e. The third-order valence-electron chi connectivity index (χ3n) is 3.17. The van der Waals surface area contributed by atoms with Gasteiger partial charge < -0.3 is 4.74 Å². The first-order valence-electron chi connectivity index (χ1n) is 6.76. The Kier molecular flexibility index (Phi) is 4.50. The predicted octanol–water partition coefficient (Wildman–Crippen LogP) is 1.53. The summed E-state index contributed by atoms with van der Waals surface area (Å²) in [6.07, 6.45) is 0.579. The second-order valence-electron chi connectivity index (χ2n) is 4.72. The van der Waals surface area contributed by atoms with Crippen molar-refractivity contribution in [1.82, 2.24) is 4.90 Å². The van der Waals surface area contributed by atoms with Gasteiger partial charge in [-0.25, -0.2) is 0 Å². The minimum Gasteiger partial charge on any atom is -0.466 e. The number of rotatable bonds is 6. The Morgan fingerprint density at radius 2 is 1.95 bits per heavy atom. The zero-order valence-electron chi connectivity index (χ0n) is 11.9. The first-order chi connectivity index (χ1) is 10.5. The van der Waals surface area contributed by atoms with Gasteiger partial charge in [-0.15, -0.1) is 0 Å². The largest absolute Gasteiger partial charge is 0.466 e. The molecule has 2 amide bonds. The van der Waals surface area contributed by atoms with Crippen molar-refractivity contribution in [3.63, 3.8) is 0 Å². The molecule has 0 fully saturated rings. The lowest BCUT2D eigenvalue weighted by Crippen LogP contribution is -2.32. The minimum absolute atomic E-state index is 0.0128. The fourth-order valence-corrected chi connectivity index (χ4v) is 2.09. The zero-order valence-corrected chi connectivity index (χ0v) is 11.9. The molecule has 8 nitrogen and oxygen atoms in total. The topological polar surface area (TPSA) is 107 Å². The fourth-order valence-electron chi connectivity index (χ4n) is 2.09. The van der Waals surface area contributed by atoms with E-state index in [-0.39, 0.29) is 36.4 Å². The van der Waals surface area contributed by atoms with E-state index in [1.807, 2.05) is 6.92 Å². The molecule has 0 spiro atoms. The van der Waals surface area contributed by atoms with Crippen molar-refractivity contribution in [2.75, 3.05) is 13.2 Å². The number of hydrogen-bond acceptors (Lipinski definition) is 6. The molecule has 0 aliphatic carbocycles. The number of nitro benzene ring substituents is 1. The number of hydrogen-bond donors (Lipinski definition) is 0. The van der Waals surface area contributed by atoms with Crippen LogP contribution >= 0.6 is 0 Å². The van der Waals surface area contributed by atoms with E-state index in [1.165, 1.54) is 12.1 Å². The van der Waals surface area contributed by atoms with Crippen LogP contribution in [-0.4, -0.2) is 40.8 Å². The number of ether oxygens (including phenoxy) is 1. The minimum atomic E-state index is -0.636. The lowest BCUT2D eigenvalue weighted by atomic mass is 10.1. The summed E-state index contributed by atoms with van der Waals surface area (Å²) in [5.74, 6) is -1.69. The highest BCUT2D eigenvalue weighted by Gasteiger charge is 2.36. The summed E-state index contributed by atoms with van der Waals surface area (Å²) in [4.78, 5) is 46.7. The van der Waals surface area contributed by atoms with Crippen LogP contribution in [0.15, 0.2) is 18.2 Å². The number of amides is 2. The molecule has 2 rings (SSSR count). The average Bonchev–Trinajstić information content (AvgIpc) is 2.74. The molecular formula is C14H14N2O6. The van der Waals surface area contributed by atoms with Crippen molar-refractivity contribution in [3.05, 3.63) is 39.4 Å². The molecule has 0 bridgehead atoms. The molecule has 116 valence electrons. The maximum absolute atomic E-state index is 12.1. The van der Waals surface area contributed by atoms with Crippen molar-refractivity contribution in [2.45, 2.75) is 19.8 Å². The van der Waals surface area contributed by atoms with E-state index in [4.69, 9.17) is 4.74 Å². The summed E-state index contributed by atoms with van der Waals surface area (Å²) >= 11 is 0. The third kappa shape index (κ3) is 2.95. The second kappa shape index (κ2) is 6.33. The highest BCUT2D eigenvalue weighted by atomic mass is 16.6. The van der Waals surface area contributed by atoms with Gasteiger partial charge in [0.2, 0.25) is 0 Å². The summed E-state index contributed by atoms with van der Waals surface area (Å²) in [6.45, 7) is 2.03. The van der Waals surface area contributed by atoms with E-state index >= 15 is 0 Å². The summed E-state index contributed by atoms with van der Waals surface area (Å²) < 4.78 is 4.87. The molecule has 0 radical (unpaired) electrons. The number of benzene rings is 1. The molecule has 0 N–H and O–H groups in total. The van der Waals surface area contributed by atoms with Crippen LogP contribution in [0.2, 0.25) is 0 Å². The molecule has 1 aliphatic rings. The maximum atomic E-state index is 12.1. The van der Waals surface area contributed by atoms with E-state index in [0.717, 1.165) is 11.0 Å². The number of nitro groups is 1. The Morgan fingerprint density at radius 1 is 1.27 bits per heavy atom. The van der Waals surface area contributed by atoms with Gasteiger partial charge in [0.25, 0.3) is 17.5 Å². The molecule has 8 heteroatoms. The molecule has 0 aromatic heterocycles. The first kappa shape index (κ1) is 15.6.